The number of alkyl halides is 3. The third-order valence-corrected chi connectivity index (χ3v) is 5.18. The third kappa shape index (κ3) is 7.60. The van der Waals surface area contributed by atoms with Gasteiger partial charge in [-0.25, -0.2) is 4.98 Å². The van der Waals surface area contributed by atoms with E-state index in [1.54, 1.807) is 6.07 Å². The average Bonchev–Trinajstić information content (AvgIpc) is 2.82. The van der Waals surface area contributed by atoms with Gasteiger partial charge in [0.25, 0.3) is 5.91 Å². The number of carbonyl (C=O) groups is 2. The van der Waals surface area contributed by atoms with Gasteiger partial charge in [0, 0.05) is 49.4 Å². The lowest BCUT2D eigenvalue weighted by Crippen LogP contribution is -2.32. The lowest BCUT2D eigenvalue weighted by atomic mass is 10.1. The molecule has 1 aliphatic heterocycles. The van der Waals surface area contributed by atoms with Crippen molar-refractivity contribution in [1.29, 1.82) is 0 Å². The van der Waals surface area contributed by atoms with E-state index in [0.717, 1.165) is 32.4 Å². The second kappa shape index (κ2) is 11.7. The van der Waals surface area contributed by atoms with Crippen LogP contribution in [0.2, 0.25) is 0 Å². The van der Waals surface area contributed by atoms with Gasteiger partial charge in [-0.3, -0.25) is 9.59 Å². The Morgan fingerprint density at radius 2 is 1.91 bits per heavy atom. The Morgan fingerprint density at radius 1 is 1.15 bits per heavy atom. The van der Waals surface area contributed by atoms with Crippen LogP contribution < -0.4 is 20.3 Å². The first kappa shape index (κ1) is 25.3. The van der Waals surface area contributed by atoms with Gasteiger partial charge in [0.15, 0.2) is 6.61 Å². The molecule has 1 fully saturated rings. The standard InChI is InChI=1S/C23H28F3N5O3/c1-2-6-19(32)29-18-13-16(9-10-27-18)22(33)28-14-17-7-8-20(34-15-23(24,25)26)30-21(17)31-11-4-3-5-12-31/h7-10,13H,2-6,11-12,14-15H2,1H3,(H,28,33)(H,27,29,32). The van der Waals surface area contributed by atoms with Gasteiger partial charge in [0.2, 0.25) is 11.8 Å². The van der Waals surface area contributed by atoms with Crippen molar-refractivity contribution in [3.8, 4) is 5.88 Å². The molecule has 0 spiro atoms. The largest absolute Gasteiger partial charge is 0.468 e. The molecule has 2 N–H and O–H groups in total. The van der Waals surface area contributed by atoms with Crippen LogP contribution in [0.4, 0.5) is 24.8 Å². The van der Waals surface area contributed by atoms with E-state index in [2.05, 4.69) is 20.6 Å². The highest BCUT2D eigenvalue weighted by Gasteiger charge is 2.29. The minimum absolute atomic E-state index is 0.116. The molecule has 2 aromatic rings. The van der Waals surface area contributed by atoms with Crippen LogP contribution in [0.25, 0.3) is 0 Å². The number of nitrogens with one attached hydrogen (secondary N) is 2. The molecule has 1 aliphatic rings. The molecule has 1 saturated heterocycles. The average molecular weight is 480 g/mol. The van der Waals surface area contributed by atoms with Gasteiger partial charge in [-0.1, -0.05) is 6.92 Å². The Labute approximate surface area is 195 Å². The van der Waals surface area contributed by atoms with Crippen molar-refractivity contribution in [2.24, 2.45) is 0 Å². The second-order valence-corrected chi connectivity index (χ2v) is 7.99. The molecule has 0 aliphatic carbocycles. The van der Waals surface area contributed by atoms with Gasteiger partial charge in [0.1, 0.15) is 11.6 Å². The number of carbonyl (C=O) groups excluding carboxylic acids is 2. The van der Waals surface area contributed by atoms with Crippen molar-refractivity contribution in [3.63, 3.8) is 0 Å². The quantitative estimate of drug-likeness (QED) is 0.563. The first-order valence-electron chi connectivity index (χ1n) is 11.2. The summed E-state index contributed by atoms with van der Waals surface area (Å²) in [6.45, 7) is 2.04. The van der Waals surface area contributed by atoms with Crippen LogP contribution >= 0.6 is 0 Å². The Morgan fingerprint density at radius 3 is 2.62 bits per heavy atom. The Bertz CT molecular complexity index is 994. The lowest BCUT2D eigenvalue weighted by molar-refractivity contribution is -0.154. The van der Waals surface area contributed by atoms with E-state index >= 15 is 0 Å². The first-order chi connectivity index (χ1) is 16.2. The van der Waals surface area contributed by atoms with Gasteiger partial charge in [-0.15, -0.1) is 0 Å². The van der Waals surface area contributed by atoms with Crippen molar-refractivity contribution < 1.29 is 27.5 Å². The predicted octanol–water partition coefficient (Wildman–Crippen LogP) is 4.08. The molecule has 3 rings (SSSR count). The van der Waals surface area contributed by atoms with E-state index in [1.165, 1.54) is 24.4 Å². The summed E-state index contributed by atoms with van der Waals surface area (Å²) in [5, 5.41) is 5.46. The zero-order valence-corrected chi connectivity index (χ0v) is 19.0. The van der Waals surface area contributed by atoms with E-state index in [1.807, 2.05) is 11.8 Å². The number of hydrogen-bond acceptors (Lipinski definition) is 6. The number of pyridine rings is 2. The number of hydrogen-bond donors (Lipinski definition) is 2. The molecule has 2 amide bonds. The molecular weight excluding hydrogens is 451 g/mol. The van der Waals surface area contributed by atoms with Crippen LogP contribution in [0.1, 0.15) is 54.9 Å². The van der Waals surface area contributed by atoms with E-state index < -0.39 is 12.8 Å². The Kier molecular flexibility index (Phi) is 8.67. The van der Waals surface area contributed by atoms with Crippen LogP contribution in [-0.2, 0) is 11.3 Å². The Balaban J connectivity index is 1.71. The minimum atomic E-state index is -4.46. The number of halogens is 3. The molecule has 184 valence electrons. The lowest BCUT2D eigenvalue weighted by Gasteiger charge is -2.29. The van der Waals surface area contributed by atoms with Crippen LogP contribution in [-0.4, -0.2) is 47.7 Å². The molecule has 0 saturated carbocycles. The summed E-state index contributed by atoms with van der Waals surface area (Å²) in [5.74, 6) is 0.109. The molecular formula is C23H28F3N5O3. The number of nitrogens with zero attached hydrogens (tertiary/aromatic N) is 3. The molecule has 11 heteroatoms. The van der Waals surface area contributed by atoms with Crippen LogP contribution in [0.15, 0.2) is 30.5 Å². The zero-order valence-electron chi connectivity index (χ0n) is 19.0. The topological polar surface area (TPSA) is 96.5 Å². The van der Waals surface area contributed by atoms with Gasteiger partial charge >= 0.3 is 6.18 Å². The van der Waals surface area contributed by atoms with Crippen molar-refractivity contribution >= 4 is 23.5 Å². The fraction of sp³-hybridized carbons (Fsp3) is 0.478. The SMILES string of the molecule is CCCC(=O)Nc1cc(C(=O)NCc2ccc(OCC(F)(F)F)nc2N2CCCCC2)ccn1. The highest BCUT2D eigenvalue weighted by atomic mass is 19.4. The molecule has 3 heterocycles. The summed E-state index contributed by atoms with van der Waals surface area (Å²) in [4.78, 5) is 34.9. The van der Waals surface area contributed by atoms with Crippen LogP contribution in [0.5, 0.6) is 5.88 Å². The number of aromatic nitrogens is 2. The van der Waals surface area contributed by atoms with Crippen molar-refractivity contribution in [2.45, 2.75) is 51.7 Å². The number of anilines is 2. The maximum absolute atomic E-state index is 12.7. The fourth-order valence-electron chi connectivity index (χ4n) is 3.56. The molecule has 2 aromatic heterocycles. The number of ether oxygens (including phenoxy) is 1. The van der Waals surface area contributed by atoms with Gasteiger partial charge in [0.05, 0.1) is 0 Å². The van der Waals surface area contributed by atoms with Crippen LogP contribution in [0, 0.1) is 0 Å². The molecule has 34 heavy (non-hydrogen) atoms. The highest BCUT2D eigenvalue weighted by Crippen LogP contribution is 2.26. The van der Waals surface area contributed by atoms with Crippen molar-refractivity contribution in [1.82, 2.24) is 15.3 Å². The molecule has 0 aromatic carbocycles. The molecule has 0 radical (unpaired) electrons. The summed E-state index contributed by atoms with van der Waals surface area (Å²) in [6.07, 6.45) is 0.997. The van der Waals surface area contributed by atoms with E-state index in [0.29, 0.717) is 29.8 Å². The van der Waals surface area contributed by atoms with E-state index in [4.69, 9.17) is 4.74 Å². The minimum Gasteiger partial charge on any atom is -0.468 e. The van der Waals surface area contributed by atoms with E-state index in [-0.39, 0.29) is 30.1 Å². The third-order valence-electron chi connectivity index (χ3n) is 5.18. The smallest absolute Gasteiger partial charge is 0.422 e. The second-order valence-electron chi connectivity index (χ2n) is 7.99. The maximum atomic E-state index is 12.7. The van der Waals surface area contributed by atoms with Crippen LogP contribution in [0.3, 0.4) is 0 Å². The fourth-order valence-corrected chi connectivity index (χ4v) is 3.56. The molecule has 8 nitrogen and oxygen atoms in total. The summed E-state index contributed by atoms with van der Waals surface area (Å²) in [5.41, 5.74) is 0.986. The summed E-state index contributed by atoms with van der Waals surface area (Å²) < 4.78 is 42.5. The molecule has 0 unspecified atom stereocenters. The number of rotatable bonds is 9. The van der Waals surface area contributed by atoms with E-state index in [9.17, 15) is 22.8 Å². The summed E-state index contributed by atoms with van der Waals surface area (Å²) in [7, 11) is 0. The number of piperidine rings is 1. The predicted molar refractivity (Wildman–Crippen MR) is 121 cm³/mol. The monoisotopic (exact) mass is 479 g/mol. The Hall–Kier alpha value is -3.37. The summed E-state index contributed by atoms with van der Waals surface area (Å²) in [6, 6.07) is 6.00. The van der Waals surface area contributed by atoms with Gasteiger partial charge in [-0.2, -0.15) is 18.2 Å². The van der Waals surface area contributed by atoms with Gasteiger partial charge in [-0.05, 0) is 43.9 Å². The van der Waals surface area contributed by atoms with Crippen molar-refractivity contribution in [3.05, 3.63) is 41.6 Å². The number of amides is 2. The maximum Gasteiger partial charge on any atom is 0.422 e. The molecule has 0 atom stereocenters. The summed E-state index contributed by atoms with van der Waals surface area (Å²) >= 11 is 0. The normalized spacial score (nSPS) is 13.9. The van der Waals surface area contributed by atoms with Gasteiger partial charge < -0.3 is 20.3 Å². The van der Waals surface area contributed by atoms with Crippen molar-refractivity contribution in [2.75, 3.05) is 29.9 Å². The molecule has 0 bridgehead atoms. The zero-order chi connectivity index (χ0) is 24.6. The first-order valence-corrected chi connectivity index (χ1v) is 11.2. The highest BCUT2D eigenvalue weighted by molar-refractivity contribution is 5.96.